The van der Waals surface area contributed by atoms with Crippen LogP contribution in [0.4, 0.5) is 10.7 Å². The van der Waals surface area contributed by atoms with E-state index in [9.17, 15) is 14.7 Å². The van der Waals surface area contributed by atoms with Gasteiger partial charge in [-0.15, -0.1) is 0 Å². The molecule has 0 aliphatic carbocycles. The van der Waals surface area contributed by atoms with Crippen LogP contribution in [0.1, 0.15) is 22.7 Å². The van der Waals surface area contributed by atoms with Crippen LogP contribution in [-0.2, 0) is 17.4 Å². The Morgan fingerprint density at radius 2 is 2.09 bits per heavy atom. The summed E-state index contributed by atoms with van der Waals surface area (Å²) in [7, 11) is 3.42. The molecule has 1 fully saturated rings. The second kappa shape index (κ2) is 8.08. The molecule has 1 aromatic carbocycles. The number of nitrogens with two attached hydrogens (primary N) is 1. The number of amides is 2. The Balaban J connectivity index is 1.46. The van der Waals surface area contributed by atoms with E-state index in [1.165, 1.54) is 16.2 Å². The maximum Gasteiger partial charge on any atom is 0.270 e. The minimum Gasteiger partial charge on any atom is -0.373 e. The zero-order valence-electron chi connectivity index (χ0n) is 18.3. The summed E-state index contributed by atoms with van der Waals surface area (Å²) in [6.07, 6.45) is 3.64. The highest BCUT2D eigenvalue weighted by Gasteiger charge is 2.48. The molecule has 1 aliphatic heterocycles. The molecule has 1 aliphatic rings. The van der Waals surface area contributed by atoms with Crippen molar-refractivity contribution in [2.45, 2.75) is 12.0 Å². The molecule has 34 heavy (non-hydrogen) atoms. The van der Waals surface area contributed by atoms with Gasteiger partial charge in [0.2, 0.25) is 5.60 Å². The van der Waals surface area contributed by atoms with E-state index in [2.05, 4.69) is 20.6 Å². The number of hydrogen-bond acceptors (Lipinski definition) is 9. The van der Waals surface area contributed by atoms with E-state index in [1.807, 2.05) is 24.3 Å². The molecule has 0 spiro atoms. The number of hydrogen-bond donors (Lipinski definition) is 3. The van der Waals surface area contributed by atoms with Crippen LogP contribution in [0.25, 0.3) is 21.8 Å². The zero-order chi connectivity index (χ0) is 24.0. The topological polar surface area (TPSA) is 152 Å². The fourth-order valence-electron chi connectivity index (χ4n) is 3.81. The average molecular weight is 480 g/mol. The normalized spacial score (nSPS) is 18.0. The van der Waals surface area contributed by atoms with Gasteiger partial charge in [-0.2, -0.15) is 5.10 Å². The fourth-order valence-corrected chi connectivity index (χ4v) is 4.80. The molecule has 4 aromatic rings. The Morgan fingerprint density at radius 3 is 2.76 bits per heavy atom. The second-order valence-electron chi connectivity index (χ2n) is 8.08. The lowest BCUT2D eigenvalue weighted by Crippen LogP contribution is -2.35. The number of carbonyl (C=O) groups excluding carboxylic acids is 2. The standard InChI is InChI=1S/C22H21N7O4S/c1-28-7-6-22(32,21(28)31)16-9-15(27-33-16)12-4-3-5-13(8-12)19-26-17(18(23)30)20(34-19)25-14-10-24-29(2)11-14/h3-5,8-11,25,32H,6-7H2,1-2H3,(H2,23,30)/t22-/m1/s1. The Hall–Kier alpha value is -4.03. The number of likely N-dealkylation sites (tertiary alicyclic amines) is 1. The number of anilines is 2. The lowest BCUT2D eigenvalue weighted by Gasteiger charge is -2.16. The summed E-state index contributed by atoms with van der Waals surface area (Å²) in [6, 6.07) is 8.91. The number of aryl methyl sites for hydroxylation is 1. The number of benzene rings is 1. The number of likely N-dealkylation sites (N-methyl/N-ethyl adjacent to an activating group) is 1. The van der Waals surface area contributed by atoms with Crippen LogP contribution in [0.3, 0.4) is 0 Å². The third kappa shape index (κ3) is 3.72. The molecule has 174 valence electrons. The predicted molar refractivity (Wildman–Crippen MR) is 124 cm³/mol. The SMILES string of the molecule is CN1CC[C@@](O)(c2cc(-c3cccc(-c4nc(C(N)=O)c(Nc5cnn(C)c5)s4)c3)no2)C1=O. The van der Waals surface area contributed by atoms with Gasteiger partial charge in [-0.3, -0.25) is 14.3 Å². The van der Waals surface area contributed by atoms with E-state index in [-0.39, 0.29) is 17.9 Å². The van der Waals surface area contributed by atoms with Crippen molar-refractivity contribution in [3.8, 4) is 21.8 Å². The van der Waals surface area contributed by atoms with Crippen molar-refractivity contribution >= 4 is 33.8 Å². The van der Waals surface area contributed by atoms with Gasteiger partial charge >= 0.3 is 0 Å². The molecule has 0 unspecified atom stereocenters. The van der Waals surface area contributed by atoms with Gasteiger partial charge in [0.1, 0.15) is 15.7 Å². The lowest BCUT2D eigenvalue weighted by atomic mass is 9.98. The number of nitrogens with one attached hydrogen (secondary N) is 1. The number of nitrogens with zero attached hydrogens (tertiary/aromatic N) is 5. The molecule has 0 bridgehead atoms. The van der Waals surface area contributed by atoms with Gasteiger partial charge in [0.15, 0.2) is 11.5 Å². The lowest BCUT2D eigenvalue weighted by molar-refractivity contribution is -0.144. The Labute approximate surface area is 197 Å². The highest BCUT2D eigenvalue weighted by Crippen LogP contribution is 2.37. The van der Waals surface area contributed by atoms with Gasteiger partial charge in [-0.25, -0.2) is 4.98 Å². The monoisotopic (exact) mass is 479 g/mol. The van der Waals surface area contributed by atoms with E-state index < -0.39 is 17.4 Å². The van der Waals surface area contributed by atoms with Gasteiger partial charge in [0.25, 0.3) is 11.8 Å². The van der Waals surface area contributed by atoms with Crippen LogP contribution in [0, 0.1) is 0 Å². The van der Waals surface area contributed by atoms with Crippen LogP contribution in [0.5, 0.6) is 0 Å². The van der Waals surface area contributed by atoms with Crippen molar-refractivity contribution in [1.29, 1.82) is 0 Å². The first kappa shape index (κ1) is 21.8. The van der Waals surface area contributed by atoms with Gasteiger partial charge in [-0.1, -0.05) is 34.7 Å². The summed E-state index contributed by atoms with van der Waals surface area (Å²) in [5.74, 6) is -0.958. The summed E-state index contributed by atoms with van der Waals surface area (Å²) in [4.78, 5) is 30.2. The number of primary amides is 1. The van der Waals surface area contributed by atoms with E-state index in [0.29, 0.717) is 33.5 Å². The molecule has 11 nitrogen and oxygen atoms in total. The largest absolute Gasteiger partial charge is 0.373 e. The molecular formula is C22H21N7O4S. The average Bonchev–Trinajstić information content (AvgIpc) is 3.60. The van der Waals surface area contributed by atoms with E-state index >= 15 is 0 Å². The molecule has 4 N–H and O–H groups in total. The number of carbonyl (C=O) groups is 2. The first-order valence-corrected chi connectivity index (χ1v) is 11.2. The predicted octanol–water partition coefficient (Wildman–Crippen LogP) is 2.09. The van der Waals surface area contributed by atoms with E-state index in [1.54, 1.807) is 37.2 Å². The molecule has 1 saturated heterocycles. The summed E-state index contributed by atoms with van der Waals surface area (Å²) >= 11 is 1.28. The summed E-state index contributed by atoms with van der Waals surface area (Å²) < 4.78 is 6.99. The second-order valence-corrected chi connectivity index (χ2v) is 9.08. The molecule has 0 radical (unpaired) electrons. The first-order chi connectivity index (χ1) is 16.2. The maximum absolute atomic E-state index is 12.4. The number of thiazole rings is 1. The smallest absolute Gasteiger partial charge is 0.270 e. The van der Waals surface area contributed by atoms with Crippen molar-refractivity contribution in [1.82, 2.24) is 24.8 Å². The molecular weight excluding hydrogens is 458 g/mol. The van der Waals surface area contributed by atoms with Crippen molar-refractivity contribution in [3.05, 3.63) is 54.2 Å². The Morgan fingerprint density at radius 1 is 1.29 bits per heavy atom. The summed E-state index contributed by atoms with van der Waals surface area (Å²) in [6.45, 7) is 0.433. The van der Waals surface area contributed by atoms with Gasteiger partial charge in [0.05, 0.1) is 11.9 Å². The van der Waals surface area contributed by atoms with Crippen LogP contribution >= 0.6 is 11.3 Å². The van der Waals surface area contributed by atoms with Gasteiger partial charge < -0.3 is 25.6 Å². The third-order valence-corrected chi connectivity index (χ3v) is 6.68. The molecule has 4 heterocycles. The molecule has 2 amide bonds. The molecule has 5 rings (SSSR count). The quantitative estimate of drug-likeness (QED) is 0.380. The van der Waals surface area contributed by atoms with Crippen molar-refractivity contribution < 1.29 is 19.2 Å². The first-order valence-electron chi connectivity index (χ1n) is 10.4. The van der Waals surface area contributed by atoms with E-state index in [4.69, 9.17) is 10.3 Å². The number of aromatic nitrogens is 4. The number of rotatable bonds is 6. The fraction of sp³-hybridized carbons (Fsp3) is 0.227. The van der Waals surface area contributed by atoms with Gasteiger partial charge in [0, 0.05) is 50.5 Å². The van der Waals surface area contributed by atoms with Crippen LogP contribution in [0.2, 0.25) is 0 Å². The summed E-state index contributed by atoms with van der Waals surface area (Å²) in [5.41, 5.74) is 6.58. The van der Waals surface area contributed by atoms with Crippen molar-refractivity contribution in [2.24, 2.45) is 12.8 Å². The van der Waals surface area contributed by atoms with Gasteiger partial charge in [-0.05, 0) is 6.07 Å². The molecule has 12 heteroatoms. The van der Waals surface area contributed by atoms with Crippen LogP contribution < -0.4 is 11.1 Å². The highest BCUT2D eigenvalue weighted by molar-refractivity contribution is 7.19. The number of aliphatic hydroxyl groups is 1. The minimum absolute atomic E-state index is 0.107. The minimum atomic E-state index is -1.71. The van der Waals surface area contributed by atoms with E-state index in [0.717, 1.165) is 5.56 Å². The molecule has 3 aromatic heterocycles. The molecule has 1 atom stereocenters. The van der Waals surface area contributed by atoms with Crippen LogP contribution in [-0.4, -0.2) is 55.3 Å². The Kier molecular flexibility index (Phi) is 5.18. The third-order valence-electron chi connectivity index (χ3n) is 5.66. The maximum atomic E-state index is 12.4. The highest BCUT2D eigenvalue weighted by atomic mass is 32.1. The Bertz CT molecular complexity index is 1410. The van der Waals surface area contributed by atoms with Crippen LogP contribution in [0.15, 0.2) is 47.2 Å². The zero-order valence-corrected chi connectivity index (χ0v) is 19.2. The summed E-state index contributed by atoms with van der Waals surface area (Å²) in [5, 5.41) is 23.2. The van der Waals surface area contributed by atoms with Crippen molar-refractivity contribution in [3.63, 3.8) is 0 Å². The molecule has 0 saturated carbocycles. The van der Waals surface area contributed by atoms with Crippen molar-refractivity contribution in [2.75, 3.05) is 18.9 Å².